The fourth-order valence-electron chi connectivity index (χ4n) is 2.97. The van der Waals surface area contributed by atoms with Crippen LogP contribution in [0.2, 0.25) is 0 Å². The molecule has 148 valence electrons. The predicted molar refractivity (Wildman–Crippen MR) is 104 cm³/mol. The predicted octanol–water partition coefficient (Wildman–Crippen LogP) is 3.89. The van der Waals surface area contributed by atoms with Gasteiger partial charge in [0.1, 0.15) is 0 Å². The summed E-state index contributed by atoms with van der Waals surface area (Å²) in [5.41, 5.74) is 1.47. The summed E-state index contributed by atoms with van der Waals surface area (Å²) >= 11 is 1.19. The number of nitrogens with one attached hydrogen (secondary N) is 1. The summed E-state index contributed by atoms with van der Waals surface area (Å²) in [6, 6.07) is 4.00. The Morgan fingerprint density at radius 2 is 1.89 bits per heavy atom. The summed E-state index contributed by atoms with van der Waals surface area (Å²) in [5, 5.41) is 11.2. The molecule has 0 radical (unpaired) electrons. The molecule has 28 heavy (non-hydrogen) atoms. The number of H-pyrrole nitrogens is 1. The first kappa shape index (κ1) is 21.4. The second kappa shape index (κ2) is 8.39. The summed E-state index contributed by atoms with van der Waals surface area (Å²) in [6.07, 6.45) is 0.556. The standard InChI is InChI=1S/C19H20N2O6S/c1-9-16(11(3)22)10(2)20-17(9)18(23)12(4)27-19(24)13-6-7-15(28-5)14(8-13)21(25)26/h6-8,12,20H,1-5H3/t12-/m0/s1. The van der Waals surface area contributed by atoms with Crippen LogP contribution in [0.5, 0.6) is 0 Å². The number of nitro benzene ring substituents is 1. The fraction of sp³-hybridized carbons (Fsp3) is 0.316. The van der Waals surface area contributed by atoms with Crippen LogP contribution >= 0.6 is 11.8 Å². The summed E-state index contributed by atoms with van der Waals surface area (Å²) in [6.45, 7) is 6.15. The minimum Gasteiger partial charge on any atom is -0.451 e. The summed E-state index contributed by atoms with van der Waals surface area (Å²) < 4.78 is 5.20. The number of carbonyl (C=O) groups excluding carboxylic acids is 3. The molecular formula is C19H20N2O6S. The van der Waals surface area contributed by atoms with E-state index in [0.717, 1.165) is 6.07 Å². The van der Waals surface area contributed by atoms with E-state index in [4.69, 9.17) is 4.74 Å². The van der Waals surface area contributed by atoms with Crippen LogP contribution in [-0.4, -0.2) is 39.8 Å². The van der Waals surface area contributed by atoms with Crippen molar-refractivity contribution in [3.05, 3.63) is 56.4 Å². The lowest BCUT2D eigenvalue weighted by atomic mass is 10.0. The normalized spacial score (nSPS) is 11.8. The molecular weight excluding hydrogens is 384 g/mol. The van der Waals surface area contributed by atoms with E-state index >= 15 is 0 Å². The Hall–Kier alpha value is -2.94. The number of aromatic nitrogens is 1. The van der Waals surface area contributed by atoms with Crippen LogP contribution in [0.3, 0.4) is 0 Å². The Morgan fingerprint density at radius 3 is 2.39 bits per heavy atom. The van der Waals surface area contributed by atoms with Gasteiger partial charge in [-0.3, -0.25) is 19.7 Å². The first-order valence-corrected chi connectivity index (χ1v) is 9.58. The quantitative estimate of drug-likeness (QED) is 0.244. The number of aryl methyl sites for hydroxylation is 1. The van der Waals surface area contributed by atoms with Gasteiger partial charge in [0.05, 0.1) is 21.1 Å². The van der Waals surface area contributed by atoms with Crippen molar-refractivity contribution >= 4 is 35.0 Å². The highest BCUT2D eigenvalue weighted by Gasteiger charge is 2.27. The third-order valence-electron chi connectivity index (χ3n) is 4.30. The molecule has 0 aliphatic rings. The van der Waals surface area contributed by atoms with E-state index in [1.165, 1.54) is 37.7 Å². The van der Waals surface area contributed by atoms with Crippen molar-refractivity contribution in [1.29, 1.82) is 0 Å². The van der Waals surface area contributed by atoms with Gasteiger partial charge in [-0.1, -0.05) is 0 Å². The van der Waals surface area contributed by atoms with Gasteiger partial charge >= 0.3 is 5.97 Å². The smallest absolute Gasteiger partial charge is 0.339 e. The lowest BCUT2D eigenvalue weighted by molar-refractivity contribution is -0.387. The lowest BCUT2D eigenvalue weighted by Crippen LogP contribution is -2.25. The van der Waals surface area contributed by atoms with E-state index in [1.54, 1.807) is 20.1 Å². The monoisotopic (exact) mass is 404 g/mol. The number of nitro groups is 1. The number of hydrogen-bond acceptors (Lipinski definition) is 7. The van der Waals surface area contributed by atoms with E-state index in [-0.39, 0.29) is 22.7 Å². The van der Waals surface area contributed by atoms with Gasteiger partial charge < -0.3 is 9.72 Å². The molecule has 0 bridgehead atoms. The van der Waals surface area contributed by atoms with Gasteiger partial charge in [-0.05, 0) is 51.6 Å². The molecule has 0 saturated heterocycles. The van der Waals surface area contributed by atoms with Crippen molar-refractivity contribution in [2.75, 3.05) is 6.26 Å². The maximum absolute atomic E-state index is 12.7. The van der Waals surface area contributed by atoms with Gasteiger partial charge in [-0.2, -0.15) is 0 Å². The average molecular weight is 404 g/mol. The molecule has 0 spiro atoms. The summed E-state index contributed by atoms with van der Waals surface area (Å²) in [4.78, 5) is 50.6. The second-order valence-electron chi connectivity index (χ2n) is 6.24. The molecule has 9 heteroatoms. The molecule has 0 unspecified atom stereocenters. The number of Topliss-reactive ketones (excluding diaryl/α,β-unsaturated/α-hetero) is 2. The molecule has 1 N–H and O–H groups in total. The molecule has 1 heterocycles. The fourth-order valence-corrected chi connectivity index (χ4v) is 3.52. The lowest BCUT2D eigenvalue weighted by Gasteiger charge is -2.12. The Bertz CT molecular complexity index is 979. The maximum atomic E-state index is 12.7. The zero-order chi connectivity index (χ0) is 21.2. The van der Waals surface area contributed by atoms with Crippen LogP contribution in [0.15, 0.2) is 23.1 Å². The van der Waals surface area contributed by atoms with E-state index in [9.17, 15) is 24.5 Å². The van der Waals surface area contributed by atoms with Crippen molar-refractivity contribution in [2.45, 2.75) is 38.7 Å². The Morgan fingerprint density at radius 1 is 1.25 bits per heavy atom. The minimum atomic E-state index is -1.14. The van der Waals surface area contributed by atoms with Crippen LogP contribution < -0.4 is 0 Å². The zero-order valence-electron chi connectivity index (χ0n) is 16.1. The van der Waals surface area contributed by atoms with Gasteiger partial charge in [0.25, 0.3) is 5.69 Å². The van der Waals surface area contributed by atoms with Crippen LogP contribution in [0.25, 0.3) is 0 Å². The first-order valence-electron chi connectivity index (χ1n) is 8.36. The zero-order valence-corrected chi connectivity index (χ0v) is 16.9. The maximum Gasteiger partial charge on any atom is 0.339 e. The van der Waals surface area contributed by atoms with Crippen LogP contribution in [0.1, 0.15) is 56.3 Å². The number of carbonyl (C=O) groups is 3. The van der Waals surface area contributed by atoms with Crippen molar-refractivity contribution in [3.63, 3.8) is 0 Å². The van der Waals surface area contributed by atoms with Crippen molar-refractivity contribution in [3.8, 4) is 0 Å². The Balaban J connectivity index is 2.24. The topological polar surface area (TPSA) is 119 Å². The Kier molecular flexibility index (Phi) is 6.40. The summed E-state index contributed by atoms with van der Waals surface area (Å²) in [7, 11) is 0. The van der Waals surface area contributed by atoms with Gasteiger partial charge in [0.15, 0.2) is 11.9 Å². The molecule has 8 nitrogen and oxygen atoms in total. The third kappa shape index (κ3) is 4.14. The number of ether oxygens (including phenoxy) is 1. The SMILES string of the molecule is CSc1ccc(C(=O)O[C@@H](C)C(=O)c2[nH]c(C)c(C(C)=O)c2C)cc1[N+](=O)[O-]. The highest BCUT2D eigenvalue weighted by molar-refractivity contribution is 7.98. The number of benzene rings is 1. The van der Waals surface area contributed by atoms with E-state index in [2.05, 4.69) is 4.98 Å². The molecule has 0 aliphatic carbocycles. The molecule has 1 atom stereocenters. The number of nitrogens with zero attached hydrogens (tertiary/aromatic N) is 1. The highest BCUT2D eigenvalue weighted by atomic mass is 32.2. The molecule has 0 amide bonds. The molecule has 0 aliphatic heterocycles. The molecule has 1 aromatic carbocycles. The van der Waals surface area contributed by atoms with Gasteiger partial charge in [0, 0.05) is 17.3 Å². The molecule has 2 aromatic rings. The average Bonchev–Trinajstić information content (AvgIpc) is 2.94. The van der Waals surface area contributed by atoms with Crippen LogP contribution in [-0.2, 0) is 4.74 Å². The van der Waals surface area contributed by atoms with Crippen LogP contribution in [0.4, 0.5) is 5.69 Å². The van der Waals surface area contributed by atoms with Gasteiger partial charge in [-0.15, -0.1) is 11.8 Å². The largest absolute Gasteiger partial charge is 0.451 e. The Labute approximate surface area is 165 Å². The molecule has 0 fully saturated rings. The van der Waals surface area contributed by atoms with Gasteiger partial charge in [0.2, 0.25) is 5.78 Å². The minimum absolute atomic E-state index is 0.0204. The van der Waals surface area contributed by atoms with Gasteiger partial charge in [-0.25, -0.2) is 4.79 Å². The molecule has 1 aromatic heterocycles. The van der Waals surface area contributed by atoms with E-state index in [1.807, 2.05) is 0 Å². The number of rotatable bonds is 7. The number of ketones is 2. The van der Waals surface area contributed by atoms with Crippen molar-refractivity contribution in [2.24, 2.45) is 0 Å². The number of aromatic amines is 1. The van der Waals surface area contributed by atoms with E-state index in [0.29, 0.717) is 21.7 Å². The van der Waals surface area contributed by atoms with Crippen molar-refractivity contribution < 1.29 is 24.0 Å². The second-order valence-corrected chi connectivity index (χ2v) is 7.08. The number of hydrogen-bond donors (Lipinski definition) is 1. The summed E-state index contributed by atoms with van der Waals surface area (Å²) in [5.74, 6) is -1.50. The highest BCUT2D eigenvalue weighted by Crippen LogP contribution is 2.29. The molecule has 2 rings (SSSR count). The third-order valence-corrected chi connectivity index (χ3v) is 5.09. The van der Waals surface area contributed by atoms with Crippen molar-refractivity contribution in [1.82, 2.24) is 4.98 Å². The number of thioether (sulfide) groups is 1. The number of esters is 1. The first-order chi connectivity index (χ1) is 13.1. The van der Waals surface area contributed by atoms with E-state index < -0.39 is 22.8 Å². The molecule has 0 saturated carbocycles. The van der Waals surface area contributed by atoms with Crippen LogP contribution in [0, 0.1) is 24.0 Å².